The van der Waals surface area contributed by atoms with Crippen LogP contribution in [-0.2, 0) is 0 Å². The third-order valence-electron chi connectivity index (χ3n) is 3.86. The first-order valence-electron chi connectivity index (χ1n) is 7.96. The molecule has 4 nitrogen and oxygen atoms in total. The van der Waals surface area contributed by atoms with Crippen molar-refractivity contribution < 1.29 is 0 Å². The highest BCUT2D eigenvalue weighted by atomic mass is 35.5. The van der Waals surface area contributed by atoms with E-state index in [0.717, 1.165) is 30.5 Å². The van der Waals surface area contributed by atoms with Crippen molar-refractivity contribution in [1.29, 1.82) is 0 Å². The molecular formula is C16H21ClN4S2. The average Bonchev–Trinajstić information content (AvgIpc) is 2.89. The van der Waals surface area contributed by atoms with Crippen LogP contribution in [0.2, 0.25) is 5.02 Å². The van der Waals surface area contributed by atoms with Crippen molar-refractivity contribution in [3.63, 3.8) is 0 Å². The van der Waals surface area contributed by atoms with Crippen LogP contribution in [0.3, 0.4) is 0 Å². The van der Waals surface area contributed by atoms with Crippen LogP contribution in [0, 0.1) is 0 Å². The van der Waals surface area contributed by atoms with Crippen LogP contribution in [-0.4, -0.2) is 45.1 Å². The Morgan fingerprint density at radius 2 is 2.13 bits per heavy atom. The second-order valence-corrected chi connectivity index (χ2v) is 8.11. The lowest BCUT2D eigenvalue weighted by atomic mass is 10.2. The van der Waals surface area contributed by atoms with Crippen molar-refractivity contribution in [1.82, 2.24) is 9.91 Å². The van der Waals surface area contributed by atoms with Gasteiger partial charge < -0.3 is 5.32 Å². The molecule has 1 unspecified atom stereocenters. The molecule has 2 aliphatic heterocycles. The topological polar surface area (TPSA) is 30.9 Å². The first-order valence-corrected chi connectivity index (χ1v) is 9.63. The molecule has 7 heteroatoms. The van der Waals surface area contributed by atoms with E-state index in [4.69, 9.17) is 28.9 Å². The molecular weight excluding hydrogens is 348 g/mol. The molecule has 0 amide bonds. The summed E-state index contributed by atoms with van der Waals surface area (Å²) in [6, 6.07) is 7.61. The van der Waals surface area contributed by atoms with Gasteiger partial charge >= 0.3 is 0 Å². The number of piperidine rings is 1. The standard InChI is InChI=1S/C16H21ClN4S2/c1-12-11-21(15(22)18-14-7-5-6-13(17)10-14)16(23-12)19-20-8-3-2-4-9-20/h5-7,10,12H,2-4,8-9,11H2,1H3,(H,18,22)/b19-16+. The maximum atomic E-state index is 6.04. The van der Waals surface area contributed by atoms with Gasteiger partial charge in [-0.05, 0) is 49.7 Å². The van der Waals surface area contributed by atoms with Crippen LogP contribution >= 0.6 is 35.6 Å². The number of thiocarbonyl (C=S) groups is 1. The summed E-state index contributed by atoms with van der Waals surface area (Å²) >= 11 is 13.4. The number of halogens is 1. The molecule has 2 saturated heterocycles. The molecule has 124 valence electrons. The smallest absolute Gasteiger partial charge is 0.189 e. The van der Waals surface area contributed by atoms with Crippen molar-refractivity contribution in [3.8, 4) is 0 Å². The monoisotopic (exact) mass is 368 g/mol. The largest absolute Gasteiger partial charge is 0.332 e. The van der Waals surface area contributed by atoms with Crippen molar-refractivity contribution >= 4 is 51.5 Å². The highest BCUT2D eigenvalue weighted by Crippen LogP contribution is 2.27. The van der Waals surface area contributed by atoms with E-state index >= 15 is 0 Å². The number of benzene rings is 1. The quantitative estimate of drug-likeness (QED) is 0.789. The summed E-state index contributed by atoms with van der Waals surface area (Å²) in [4.78, 5) is 2.10. The van der Waals surface area contributed by atoms with Gasteiger partial charge in [0.15, 0.2) is 10.3 Å². The molecule has 1 aromatic rings. The van der Waals surface area contributed by atoms with Gasteiger partial charge in [-0.1, -0.05) is 36.4 Å². The number of hydrazone groups is 1. The minimum Gasteiger partial charge on any atom is -0.332 e. The highest BCUT2D eigenvalue weighted by Gasteiger charge is 2.29. The molecule has 2 aliphatic rings. The first kappa shape index (κ1) is 16.9. The number of nitrogens with zero attached hydrogens (tertiary/aromatic N) is 3. The van der Waals surface area contributed by atoms with E-state index in [1.807, 2.05) is 24.3 Å². The van der Waals surface area contributed by atoms with E-state index in [2.05, 4.69) is 22.1 Å². The van der Waals surface area contributed by atoms with Gasteiger partial charge in [0.2, 0.25) is 0 Å². The average molecular weight is 369 g/mol. The van der Waals surface area contributed by atoms with E-state index in [0.29, 0.717) is 15.4 Å². The van der Waals surface area contributed by atoms with E-state index in [1.165, 1.54) is 19.3 Å². The summed E-state index contributed by atoms with van der Waals surface area (Å²) in [6.07, 6.45) is 3.76. The molecule has 0 aliphatic carbocycles. The van der Waals surface area contributed by atoms with Gasteiger partial charge in [0.1, 0.15) is 0 Å². The molecule has 1 atom stereocenters. The Kier molecular flexibility index (Phi) is 5.67. The van der Waals surface area contributed by atoms with Gasteiger partial charge in [0.05, 0.1) is 0 Å². The number of amidine groups is 1. The number of hydrogen-bond donors (Lipinski definition) is 1. The van der Waals surface area contributed by atoms with Crippen LogP contribution in [0.1, 0.15) is 26.2 Å². The summed E-state index contributed by atoms with van der Waals surface area (Å²) in [5.74, 6) is 0. The normalized spacial score (nSPS) is 23.4. The Balaban J connectivity index is 1.70. The Morgan fingerprint density at radius 1 is 1.35 bits per heavy atom. The second kappa shape index (κ2) is 7.73. The maximum Gasteiger partial charge on any atom is 0.189 e. The Bertz CT molecular complexity index is 601. The fourth-order valence-corrected chi connectivity index (χ4v) is 4.28. The zero-order valence-corrected chi connectivity index (χ0v) is 15.6. The molecule has 1 N–H and O–H groups in total. The Labute approximate surface area is 152 Å². The van der Waals surface area contributed by atoms with E-state index in [9.17, 15) is 0 Å². The van der Waals surface area contributed by atoms with Crippen molar-refractivity contribution in [2.24, 2.45) is 5.10 Å². The van der Waals surface area contributed by atoms with Crippen LogP contribution in [0.5, 0.6) is 0 Å². The third-order valence-corrected chi connectivity index (χ3v) is 5.48. The summed E-state index contributed by atoms with van der Waals surface area (Å²) in [6.45, 7) is 5.17. The van der Waals surface area contributed by atoms with Crippen LogP contribution in [0.4, 0.5) is 5.69 Å². The zero-order valence-electron chi connectivity index (χ0n) is 13.2. The number of thioether (sulfide) groups is 1. The highest BCUT2D eigenvalue weighted by molar-refractivity contribution is 8.14. The van der Waals surface area contributed by atoms with Gasteiger partial charge in [0, 0.05) is 35.6 Å². The minimum atomic E-state index is 0.484. The number of rotatable bonds is 2. The zero-order chi connectivity index (χ0) is 16.2. The number of anilines is 1. The van der Waals surface area contributed by atoms with Crippen molar-refractivity contribution in [3.05, 3.63) is 29.3 Å². The van der Waals surface area contributed by atoms with Gasteiger partial charge in [-0.3, -0.25) is 9.91 Å². The lowest BCUT2D eigenvalue weighted by molar-refractivity contribution is 0.238. The van der Waals surface area contributed by atoms with Gasteiger partial charge in [-0.15, -0.1) is 0 Å². The minimum absolute atomic E-state index is 0.484. The molecule has 2 fully saturated rings. The SMILES string of the molecule is CC1CN(C(=S)Nc2cccc(Cl)c2)/C(=N\N2CCCCC2)S1. The molecule has 0 spiro atoms. The lowest BCUT2D eigenvalue weighted by Gasteiger charge is -2.26. The molecule has 2 heterocycles. The molecule has 0 radical (unpaired) electrons. The van der Waals surface area contributed by atoms with Crippen molar-refractivity contribution in [2.75, 3.05) is 25.0 Å². The second-order valence-electron chi connectivity index (χ2n) is 5.88. The predicted molar refractivity (Wildman–Crippen MR) is 104 cm³/mol. The molecule has 0 bridgehead atoms. The third kappa shape index (κ3) is 4.52. The Hall–Kier alpha value is -0.980. The number of nitrogens with one attached hydrogen (secondary N) is 1. The Morgan fingerprint density at radius 3 is 2.87 bits per heavy atom. The fourth-order valence-electron chi connectivity index (χ4n) is 2.72. The summed E-state index contributed by atoms with van der Waals surface area (Å²) in [5, 5.41) is 13.1. The predicted octanol–water partition coefficient (Wildman–Crippen LogP) is 4.23. The van der Waals surface area contributed by atoms with Gasteiger partial charge in [-0.2, -0.15) is 5.10 Å². The van der Waals surface area contributed by atoms with E-state index < -0.39 is 0 Å². The van der Waals surface area contributed by atoms with Crippen LogP contribution in [0.25, 0.3) is 0 Å². The lowest BCUT2D eigenvalue weighted by Crippen LogP contribution is -2.37. The fraction of sp³-hybridized carbons (Fsp3) is 0.500. The van der Waals surface area contributed by atoms with Crippen LogP contribution < -0.4 is 5.32 Å². The van der Waals surface area contributed by atoms with E-state index in [1.54, 1.807) is 11.8 Å². The summed E-state index contributed by atoms with van der Waals surface area (Å²) < 4.78 is 0. The molecule has 1 aromatic carbocycles. The first-order chi connectivity index (χ1) is 11.1. The van der Waals surface area contributed by atoms with Crippen molar-refractivity contribution in [2.45, 2.75) is 31.4 Å². The van der Waals surface area contributed by atoms with E-state index in [-0.39, 0.29) is 0 Å². The molecule has 23 heavy (non-hydrogen) atoms. The summed E-state index contributed by atoms with van der Waals surface area (Å²) in [7, 11) is 0. The molecule has 0 saturated carbocycles. The molecule has 3 rings (SSSR count). The number of hydrogen-bond acceptors (Lipinski definition) is 4. The molecule has 0 aromatic heterocycles. The van der Waals surface area contributed by atoms with Crippen LogP contribution in [0.15, 0.2) is 29.4 Å². The summed E-state index contributed by atoms with van der Waals surface area (Å²) in [5.41, 5.74) is 0.907. The van der Waals surface area contributed by atoms with Gasteiger partial charge in [0.25, 0.3) is 0 Å². The van der Waals surface area contributed by atoms with Gasteiger partial charge in [-0.25, -0.2) is 0 Å². The maximum absolute atomic E-state index is 6.04.